The first-order valence-corrected chi connectivity index (χ1v) is 8.58. The Kier molecular flexibility index (Phi) is 4.05. The van der Waals surface area contributed by atoms with Gasteiger partial charge < -0.3 is 9.30 Å². The summed E-state index contributed by atoms with van der Waals surface area (Å²) in [7, 11) is 0. The first-order chi connectivity index (χ1) is 12.6. The summed E-state index contributed by atoms with van der Waals surface area (Å²) >= 11 is 0. The van der Waals surface area contributed by atoms with Crippen LogP contribution in [0.5, 0.6) is 5.75 Å². The van der Waals surface area contributed by atoms with E-state index in [0.29, 0.717) is 11.3 Å². The predicted octanol–water partition coefficient (Wildman–Crippen LogP) is 5.47. The van der Waals surface area contributed by atoms with E-state index in [2.05, 4.69) is 30.5 Å². The van der Waals surface area contributed by atoms with Gasteiger partial charge in [0.1, 0.15) is 5.75 Å². The fourth-order valence-electron chi connectivity index (χ4n) is 3.22. The van der Waals surface area contributed by atoms with Gasteiger partial charge in [0, 0.05) is 17.1 Å². The average molecular weight is 341 g/mol. The lowest BCUT2D eigenvalue weighted by atomic mass is 10.1. The molecule has 0 radical (unpaired) electrons. The number of aromatic nitrogens is 1. The lowest BCUT2D eigenvalue weighted by Crippen LogP contribution is -2.08. The van der Waals surface area contributed by atoms with Crippen LogP contribution in [-0.4, -0.2) is 10.5 Å². The smallest absolute Gasteiger partial charge is 0.343 e. The number of carbonyl (C=O) groups excluding carboxylic acids is 1. The summed E-state index contributed by atoms with van der Waals surface area (Å²) in [4.78, 5) is 12.5. The van der Waals surface area contributed by atoms with Crippen molar-refractivity contribution in [2.45, 2.75) is 13.8 Å². The second kappa shape index (κ2) is 6.52. The maximum Gasteiger partial charge on any atom is 0.343 e. The summed E-state index contributed by atoms with van der Waals surface area (Å²) in [6, 6.07) is 25.3. The molecule has 0 aliphatic carbocycles. The van der Waals surface area contributed by atoms with Crippen molar-refractivity contribution in [2.24, 2.45) is 0 Å². The van der Waals surface area contributed by atoms with Crippen LogP contribution in [0.3, 0.4) is 0 Å². The van der Waals surface area contributed by atoms with Gasteiger partial charge >= 0.3 is 5.97 Å². The largest absolute Gasteiger partial charge is 0.423 e. The monoisotopic (exact) mass is 341 g/mol. The fourth-order valence-corrected chi connectivity index (χ4v) is 3.22. The van der Waals surface area contributed by atoms with Crippen molar-refractivity contribution in [1.29, 1.82) is 0 Å². The molecule has 128 valence electrons. The third-order valence-electron chi connectivity index (χ3n) is 4.56. The molecule has 1 aromatic heterocycles. The molecule has 0 atom stereocenters. The number of hydrogen-bond acceptors (Lipinski definition) is 2. The molecule has 4 aromatic rings. The van der Waals surface area contributed by atoms with Crippen molar-refractivity contribution in [3.05, 3.63) is 95.8 Å². The summed E-state index contributed by atoms with van der Waals surface area (Å²) in [5.74, 6) is 0.186. The Balaban J connectivity index is 1.55. The molecule has 26 heavy (non-hydrogen) atoms. The Bertz CT molecular complexity index is 1070. The maximum atomic E-state index is 12.5. The highest BCUT2D eigenvalue weighted by molar-refractivity contribution is 5.96. The lowest BCUT2D eigenvalue weighted by molar-refractivity contribution is 0.0735. The molecule has 0 fully saturated rings. The molecule has 0 N–H and O–H groups in total. The highest BCUT2D eigenvalue weighted by Crippen LogP contribution is 2.21. The number of benzene rings is 3. The molecule has 0 saturated heterocycles. The van der Waals surface area contributed by atoms with Gasteiger partial charge in [0.15, 0.2) is 0 Å². The molecular formula is C23H19NO2. The molecule has 0 saturated carbocycles. The normalized spacial score (nSPS) is 10.8. The van der Waals surface area contributed by atoms with Crippen LogP contribution >= 0.6 is 0 Å². The Hall–Kier alpha value is -3.33. The third kappa shape index (κ3) is 3.00. The molecule has 3 aromatic carbocycles. The standard InChI is InChI=1S/C23H19NO2/c1-16-7-8-17(2)24(16)21-11-13-22(14-12-21)26-23(25)20-10-9-18-5-3-4-6-19(18)15-20/h3-15H,1-2H3. The molecular weight excluding hydrogens is 322 g/mol. The highest BCUT2D eigenvalue weighted by Gasteiger charge is 2.10. The number of hydrogen-bond donors (Lipinski definition) is 0. The van der Waals surface area contributed by atoms with E-state index < -0.39 is 0 Å². The molecule has 4 rings (SSSR count). The number of rotatable bonds is 3. The van der Waals surface area contributed by atoms with Crippen LogP contribution in [0.15, 0.2) is 78.9 Å². The molecule has 3 heteroatoms. The summed E-state index contributed by atoms with van der Waals surface area (Å²) in [5.41, 5.74) is 3.94. The van der Waals surface area contributed by atoms with Gasteiger partial charge in [-0.15, -0.1) is 0 Å². The Morgan fingerprint density at radius 1 is 0.769 bits per heavy atom. The average Bonchev–Trinajstić information content (AvgIpc) is 3.00. The number of nitrogens with zero attached hydrogens (tertiary/aromatic N) is 1. The quantitative estimate of drug-likeness (QED) is 0.366. The number of ether oxygens (including phenoxy) is 1. The number of esters is 1. The number of aryl methyl sites for hydroxylation is 2. The van der Waals surface area contributed by atoms with Crippen molar-refractivity contribution in [3.8, 4) is 11.4 Å². The van der Waals surface area contributed by atoms with E-state index in [4.69, 9.17) is 4.74 Å². The molecule has 0 aliphatic rings. The van der Waals surface area contributed by atoms with E-state index in [1.54, 1.807) is 6.07 Å². The number of fused-ring (bicyclic) bond motifs is 1. The summed E-state index contributed by atoms with van der Waals surface area (Å²) in [5, 5.41) is 2.13. The van der Waals surface area contributed by atoms with Crippen molar-refractivity contribution >= 4 is 16.7 Å². The van der Waals surface area contributed by atoms with Crippen LogP contribution in [0.4, 0.5) is 0 Å². The van der Waals surface area contributed by atoms with Gasteiger partial charge in [0.2, 0.25) is 0 Å². The van der Waals surface area contributed by atoms with E-state index in [0.717, 1.165) is 16.5 Å². The van der Waals surface area contributed by atoms with Crippen LogP contribution in [0, 0.1) is 13.8 Å². The predicted molar refractivity (Wildman–Crippen MR) is 104 cm³/mol. The molecule has 0 amide bonds. The molecule has 3 nitrogen and oxygen atoms in total. The lowest BCUT2D eigenvalue weighted by Gasteiger charge is -2.10. The minimum atomic E-state index is -0.350. The SMILES string of the molecule is Cc1ccc(C)n1-c1ccc(OC(=O)c2ccc3ccccc3c2)cc1. The zero-order chi connectivity index (χ0) is 18.1. The fraction of sp³-hybridized carbons (Fsp3) is 0.0870. The van der Waals surface area contributed by atoms with E-state index in [1.807, 2.05) is 60.7 Å². The van der Waals surface area contributed by atoms with E-state index >= 15 is 0 Å². The molecule has 0 aliphatic heterocycles. The Morgan fingerprint density at radius 3 is 2.12 bits per heavy atom. The van der Waals surface area contributed by atoms with Gasteiger partial charge in [-0.1, -0.05) is 30.3 Å². The topological polar surface area (TPSA) is 31.2 Å². The van der Waals surface area contributed by atoms with Crippen LogP contribution in [0.1, 0.15) is 21.7 Å². The van der Waals surface area contributed by atoms with E-state index in [-0.39, 0.29) is 5.97 Å². The van der Waals surface area contributed by atoms with E-state index in [1.165, 1.54) is 11.4 Å². The van der Waals surface area contributed by atoms with Crippen LogP contribution in [0.2, 0.25) is 0 Å². The maximum absolute atomic E-state index is 12.5. The summed E-state index contributed by atoms with van der Waals surface area (Å²) < 4.78 is 7.70. The highest BCUT2D eigenvalue weighted by atomic mass is 16.5. The van der Waals surface area contributed by atoms with Crippen LogP contribution < -0.4 is 4.74 Å². The van der Waals surface area contributed by atoms with Crippen LogP contribution in [0.25, 0.3) is 16.5 Å². The second-order valence-corrected chi connectivity index (χ2v) is 6.40. The van der Waals surface area contributed by atoms with Gasteiger partial charge in [0.05, 0.1) is 5.56 Å². The number of carbonyl (C=O) groups is 1. The van der Waals surface area contributed by atoms with Crippen molar-refractivity contribution in [3.63, 3.8) is 0 Å². The van der Waals surface area contributed by atoms with Crippen molar-refractivity contribution < 1.29 is 9.53 Å². The molecule has 0 bridgehead atoms. The molecule has 1 heterocycles. The first kappa shape index (κ1) is 16.2. The van der Waals surface area contributed by atoms with Gasteiger partial charge in [-0.05, 0) is 73.2 Å². The van der Waals surface area contributed by atoms with Crippen molar-refractivity contribution in [1.82, 2.24) is 4.57 Å². The third-order valence-corrected chi connectivity index (χ3v) is 4.56. The van der Waals surface area contributed by atoms with Crippen LogP contribution in [-0.2, 0) is 0 Å². The Labute approximate surface area is 152 Å². The second-order valence-electron chi connectivity index (χ2n) is 6.40. The van der Waals surface area contributed by atoms with Crippen molar-refractivity contribution in [2.75, 3.05) is 0 Å². The van der Waals surface area contributed by atoms with E-state index in [9.17, 15) is 4.79 Å². The Morgan fingerprint density at radius 2 is 1.42 bits per heavy atom. The molecule has 0 unspecified atom stereocenters. The van der Waals surface area contributed by atoms with Gasteiger partial charge in [-0.25, -0.2) is 4.79 Å². The summed E-state index contributed by atoms with van der Waals surface area (Å²) in [6.07, 6.45) is 0. The first-order valence-electron chi connectivity index (χ1n) is 8.58. The summed E-state index contributed by atoms with van der Waals surface area (Å²) in [6.45, 7) is 4.14. The zero-order valence-electron chi connectivity index (χ0n) is 14.8. The van der Waals surface area contributed by atoms with Gasteiger partial charge in [-0.2, -0.15) is 0 Å². The van der Waals surface area contributed by atoms with Gasteiger partial charge in [0.25, 0.3) is 0 Å². The molecule has 0 spiro atoms. The minimum Gasteiger partial charge on any atom is -0.423 e. The minimum absolute atomic E-state index is 0.350. The zero-order valence-corrected chi connectivity index (χ0v) is 14.8. The van der Waals surface area contributed by atoms with Gasteiger partial charge in [-0.3, -0.25) is 0 Å².